The Morgan fingerprint density at radius 2 is 1.79 bits per heavy atom. The fourth-order valence-electron chi connectivity index (χ4n) is 3.11. The lowest BCUT2D eigenvalue weighted by Crippen LogP contribution is -2.28. The Labute approximate surface area is 141 Å². The molecule has 5 nitrogen and oxygen atoms in total. The highest BCUT2D eigenvalue weighted by Crippen LogP contribution is 2.29. The predicted molar refractivity (Wildman–Crippen MR) is 93.0 cm³/mol. The first-order valence-electron chi connectivity index (χ1n) is 8.30. The standard InChI is InChI=1S/C19H22N2O3/c1-20(2)19(23)24-17-13-18(22)21(14-9-5-3-6-10-14)16-12-8-4-7-11-15(16)17/h3,5-6,9-10,13H,4,7-8,11-12H2,1-2H3. The van der Waals surface area contributed by atoms with Gasteiger partial charge >= 0.3 is 6.09 Å². The van der Waals surface area contributed by atoms with Crippen molar-refractivity contribution in [1.29, 1.82) is 0 Å². The number of nitrogens with zero attached hydrogens (tertiary/aromatic N) is 2. The van der Waals surface area contributed by atoms with Gasteiger partial charge in [-0.15, -0.1) is 0 Å². The summed E-state index contributed by atoms with van der Waals surface area (Å²) >= 11 is 0. The highest BCUT2D eigenvalue weighted by molar-refractivity contribution is 5.70. The number of benzene rings is 1. The van der Waals surface area contributed by atoms with Crippen LogP contribution in [-0.4, -0.2) is 29.7 Å². The van der Waals surface area contributed by atoms with Gasteiger partial charge in [0.05, 0.1) is 0 Å². The van der Waals surface area contributed by atoms with Gasteiger partial charge in [-0.2, -0.15) is 0 Å². The molecule has 0 atom stereocenters. The molecule has 0 bridgehead atoms. The molecule has 1 heterocycles. The van der Waals surface area contributed by atoms with Gasteiger partial charge in [0.15, 0.2) is 0 Å². The van der Waals surface area contributed by atoms with E-state index >= 15 is 0 Å². The zero-order valence-electron chi connectivity index (χ0n) is 14.1. The second kappa shape index (κ2) is 6.91. The molecular weight excluding hydrogens is 304 g/mol. The van der Waals surface area contributed by atoms with Crippen LogP contribution in [0, 0.1) is 0 Å². The van der Waals surface area contributed by atoms with Crippen LogP contribution in [0.1, 0.15) is 30.5 Å². The van der Waals surface area contributed by atoms with Gasteiger partial charge in [-0.05, 0) is 37.8 Å². The second-order valence-corrected chi connectivity index (χ2v) is 6.27. The number of ether oxygens (including phenoxy) is 1. The van der Waals surface area contributed by atoms with E-state index in [1.54, 1.807) is 18.7 Å². The zero-order chi connectivity index (χ0) is 17.1. The first-order valence-corrected chi connectivity index (χ1v) is 8.30. The number of hydrogen-bond acceptors (Lipinski definition) is 3. The number of carbonyl (C=O) groups is 1. The fraction of sp³-hybridized carbons (Fsp3) is 0.368. The van der Waals surface area contributed by atoms with Gasteiger partial charge in [0.2, 0.25) is 0 Å². The first kappa shape index (κ1) is 16.3. The van der Waals surface area contributed by atoms with Crippen LogP contribution < -0.4 is 10.3 Å². The van der Waals surface area contributed by atoms with Crippen LogP contribution >= 0.6 is 0 Å². The third kappa shape index (κ3) is 3.20. The van der Waals surface area contributed by atoms with Crippen molar-refractivity contribution in [1.82, 2.24) is 9.47 Å². The molecule has 0 N–H and O–H groups in total. The Morgan fingerprint density at radius 3 is 2.50 bits per heavy atom. The molecule has 0 fully saturated rings. The molecule has 126 valence electrons. The largest absolute Gasteiger partial charge is 0.414 e. The number of aromatic nitrogens is 1. The van der Waals surface area contributed by atoms with E-state index in [-0.39, 0.29) is 5.56 Å². The average molecular weight is 326 g/mol. The maximum absolute atomic E-state index is 12.7. The van der Waals surface area contributed by atoms with E-state index in [2.05, 4.69) is 0 Å². The van der Waals surface area contributed by atoms with Crippen molar-refractivity contribution < 1.29 is 9.53 Å². The summed E-state index contributed by atoms with van der Waals surface area (Å²) in [5.41, 5.74) is 2.63. The molecule has 0 radical (unpaired) electrons. The highest BCUT2D eigenvalue weighted by Gasteiger charge is 2.21. The lowest BCUT2D eigenvalue weighted by molar-refractivity contribution is 0.171. The molecular formula is C19H22N2O3. The maximum atomic E-state index is 12.7. The monoisotopic (exact) mass is 326 g/mol. The lowest BCUT2D eigenvalue weighted by Gasteiger charge is -2.19. The molecule has 5 heteroatoms. The van der Waals surface area contributed by atoms with Crippen molar-refractivity contribution >= 4 is 6.09 Å². The molecule has 1 amide bonds. The minimum atomic E-state index is -0.460. The molecule has 0 aliphatic heterocycles. The molecule has 2 aromatic rings. The van der Waals surface area contributed by atoms with Gasteiger partial charge in [0.1, 0.15) is 5.75 Å². The van der Waals surface area contributed by atoms with Crippen LogP contribution in [0.15, 0.2) is 41.2 Å². The van der Waals surface area contributed by atoms with Gasteiger partial charge < -0.3 is 9.64 Å². The van der Waals surface area contributed by atoms with Crippen molar-refractivity contribution in [2.75, 3.05) is 14.1 Å². The number of pyridine rings is 1. The van der Waals surface area contributed by atoms with Crippen LogP contribution in [-0.2, 0) is 12.8 Å². The van der Waals surface area contributed by atoms with Crippen LogP contribution in [0.25, 0.3) is 5.69 Å². The smallest absolute Gasteiger partial charge is 0.410 e. The number of hydrogen-bond donors (Lipinski definition) is 0. The van der Waals surface area contributed by atoms with E-state index in [9.17, 15) is 9.59 Å². The van der Waals surface area contributed by atoms with Crippen molar-refractivity contribution in [2.45, 2.75) is 32.1 Å². The van der Waals surface area contributed by atoms with Gasteiger partial charge in [-0.3, -0.25) is 9.36 Å². The van der Waals surface area contributed by atoms with E-state index in [1.807, 2.05) is 30.3 Å². The van der Waals surface area contributed by atoms with Crippen LogP contribution in [0.5, 0.6) is 5.75 Å². The quantitative estimate of drug-likeness (QED) is 0.797. The Balaban J connectivity index is 2.16. The van der Waals surface area contributed by atoms with Crippen molar-refractivity contribution in [3.05, 3.63) is 58.0 Å². The van der Waals surface area contributed by atoms with Crippen LogP contribution in [0.3, 0.4) is 0 Å². The molecule has 3 rings (SSSR count). The van der Waals surface area contributed by atoms with E-state index in [1.165, 1.54) is 11.0 Å². The zero-order valence-corrected chi connectivity index (χ0v) is 14.1. The lowest BCUT2D eigenvalue weighted by atomic mass is 10.1. The summed E-state index contributed by atoms with van der Waals surface area (Å²) in [7, 11) is 3.26. The Morgan fingerprint density at radius 1 is 1.08 bits per heavy atom. The molecule has 0 spiro atoms. The highest BCUT2D eigenvalue weighted by atomic mass is 16.6. The van der Waals surface area contributed by atoms with Gasteiger partial charge in [-0.25, -0.2) is 4.79 Å². The molecule has 1 aromatic heterocycles. The maximum Gasteiger partial charge on any atom is 0.414 e. The van der Waals surface area contributed by atoms with Gasteiger partial charge in [-0.1, -0.05) is 24.6 Å². The van der Waals surface area contributed by atoms with Crippen LogP contribution in [0.4, 0.5) is 4.79 Å². The van der Waals surface area contributed by atoms with Gasteiger partial charge in [0, 0.05) is 37.1 Å². The average Bonchev–Trinajstić information content (AvgIpc) is 2.81. The number of carbonyl (C=O) groups excluding carboxylic acids is 1. The number of para-hydroxylation sites is 1. The van der Waals surface area contributed by atoms with E-state index in [0.717, 1.165) is 49.0 Å². The minimum absolute atomic E-state index is 0.164. The third-order valence-electron chi connectivity index (χ3n) is 4.31. The van der Waals surface area contributed by atoms with E-state index in [0.29, 0.717) is 5.75 Å². The summed E-state index contributed by atoms with van der Waals surface area (Å²) in [5.74, 6) is 0.405. The normalized spacial score (nSPS) is 13.8. The number of fused-ring (bicyclic) bond motifs is 1. The number of rotatable bonds is 2. The topological polar surface area (TPSA) is 51.5 Å². The molecule has 1 aromatic carbocycles. The molecule has 1 aliphatic rings. The summed E-state index contributed by atoms with van der Waals surface area (Å²) in [5, 5.41) is 0. The predicted octanol–water partition coefficient (Wildman–Crippen LogP) is 3.17. The molecule has 24 heavy (non-hydrogen) atoms. The summed E-state index contributed by atoms with van der Waals surface area (Å²) in [6.45, 7) is 0. The molecule has 0 saturated heterocycles. The Bertz CT molecular complexity index is 794. The summed E-state index contributed by atoms with van der Waals surface area (Å²) in [6.07, 6.45) is 4.35. The minimum Gasteiger partial charge on any atom is -0.410 e. The molecule has 0 unspecified atom stereocenters. The fourth-order valence-corrected chi connectivity index (χ4v) is 3.11. The summed E-state index contributed by atoms with van der Waals surface area (Å²) in [4.78, 5) is 26.0. The summed E-state index contributed by atoms with van der Waals surface area (Å²) in [6, 6.07) is 11.1. The summed E-state index contributed by atoms with van der Waals surface area (Å²) < 4.78 is 7.23. The van der Waals surface area contributed by atoms with Gasteiger partial charge in [0.25, 0.3) is 5.56 Å². The Hall–Kier alpha value is -2.56. The van der Waals surface area contributed by atoms with E-state index in [4.69, 9.17) is 4.74 Å². The molecule has 0 saturated carbocycles. The SMILES string of the molecule is CN(C)C(=O)Oc1cc(=O)n(-c2ccccc2)c2c1CCCCC2. The third-order valence-corrected chi connectivity index (χ3v) is 4.31. The van der Waals surface area contributed by atoms with Crippen molar-refractivity contribution in [2.24, 2.45) is 0 Å². The van der Waals surface area contributed by atoms with Crippen LogP contribution in [0.2, 0.25) is 0 Å². The second-order valence-electron chi connectivity index (χ2n) is 6.27. The van der Waals surface area contributed by atoms with E-state index < -0.39 is 6.09 Å². The first-order chi connectivity index (χ1) is 11.6. The van der Waals surface area contributed by atoms with Crippen molar-refractivity contribution in [3.8, 4) is 11.4 Å². The number of amides is 1. The van der Waals surface area contributed by atoms with Crippen molar-refractivity contribution in [3.63, 3.8) is 0 Å². The molecule has 1 aliphatic carbocycles. The Kier molecular flexibility index (Phi) is 4.69.